The van der Waals surface area contributed by atoms with Crippen LogP contribution in [0.4, 0.5) is 0 Å². The van der Waals surface area contributed by atoms with Gasteiger partial charge >= 0.3 is 0 Å². The van der Waals surface area contributed by atoms with E-state index in [-0.39, 0.29) is 0 Å². The average Bonchev–Trinajstić information content (AvgIpc) is 2.19. The topological polar surface area (TPSA) is 0 Å². The van der Waals surface area contributed by atoms with Crippen molar-refractivity contribution >= 4 is 21.7 Å². The van der Waals surface area contributed by atoms with Gasteiger partial charge in [0.05, 0.1) is 0 Å². The van der Waals surface area contributed by atoms with Gasteiger partial charge in [-0.2, -0.15) is 0 Å². The number of hydrogen-bond acceptors (Lipinski definition) is 0. The highest BCUT2D eigenvalue weighted by atomic mass is 28.2. The van der Waals surface area contributed by atoms with Crippen molar-refractivity contribution in [3.8, 4) is 0 Å². The van der Waals surface area contributed by atoms with Gasteiger partial charge in [-0.05, 0) is 11.1 Å². The van der Waals surface area contributed by atoms with Crippen molar-refractivity contribution in [1.29, 1.82) is 0 Å². The van der Waals surface area contributed by atoms with E-state index in [1.807, 2.05) is 36.4 Å². The third-order valence-electron chi connectivity index (χ3n) is 1.44. The van der Waals surface area contributed by atoms with E-state index >= 15 is 0 Å². The minimum Gasteiger partial charge on any atom is -0.0984 e. The van der Waals surface area contributed by atoms with Gasteiger partial charge in [-0.15, -0.1) is 0 Å². The molecular formula is C12H16Si. The van der Waals surface area contributed by atoms with Crippen molar-refractivity contribution in [3.05, 3.63) is 48.6 Å². The van der Waals surface area contributed by atoms with E-state index in [4.69, 9.17) is 0 Å². The summed E-state index contributed by atoms with van der Waals surface area (Å²) in [6.45, 7) is 11.7. The summed E-state index contributed by atoms with van der Waals surface area (Å²) in [5.41, 5.74) is 2.27. The Labute approximate surface area is 83.8 Å². The van der Waals surface area contributed by atoms with Crippen LogP contribution in [0.25, 0.3) is 12.2 Å². The predicted octanol–water partition coefficient (Wildman–Crippen LogP) is 3.76. The highest BCUT2D eigenvalue weighted by Crippen LogP contribution is 2.10. The molecule has 1 rings (SSSR count). The Hall–Kier alpha value is -1.08. The van der Waals surface area contributed by atoms with Crippen LogP contribution in [0.15, 0.2) is 37.4 Å². The molecule has 0 aliphatic carbocycles. The van der Waals surface area contributed by atoms with Crippen molar-refractivity contribution in [2.75, 3.05) is 0 Å². The summed E-state index contributed by atoms with van der Waals surface area (Å²) >= 11 is 0. The Morgan fingerprint density at radius 2 is 1.31 bits per heavy atom. The minimum atomic E-state index is 1.08. The van der Waals surface area contributed by atoms with Crippen LogP contribution < -0.4 is 0 Å². The zero-order valence-corrected chi connectivity index (χ0v) is 9.38. The van der Waals surface area contributed by atoms with Gasteiger partial charge in [0.15, 0.2) is 0 Å². The van der Waals surface area contributed by atoms with Gasteiger partial charge < -0.3 is 0 Å². The highest BCUT2D eigenvalue weighted by Gasteiger charge is 1.89. The lowest BCUT2D eigenvalue weighted by Gasteiger charge is -1.96. The molecule has 0 spiro atoms. The van der Waals surface area contributed by atoms with Crippen LogP contribution in [0.3, 0.4) is 0 Å². The Kier molecular flexibility index (Phi) is 6.93. The Morgan fingerprint density at radius 3 is 1.54 bits per heavy atom. The van der Waals surface area contributed by atoms with Gasteiger partial charge in [0.25, 0.3) is 0 Å². The fourth-order valence-electron chi connectivity index (χ4n) is 0.883. The quantitative estimate of drug-likeness (QED) is 0.620. The molecule has 0 atom stereocenters. The molecule has 0 N–H and O–H groups in total. The fraction of sp³-hybridized carbons (Fsp3) is 0.167. The first-order valence-corrected chi connectivity index (χ1v) is 6.22. The van der Waals surface area contributed by atoms with E-state index in [2.05, 4.69) is 26.3 Å². The molecule has 0 amide bonds. The lowest BCUT2D eigenvalue weighted by Crippen LogP contribution is -1.76. The molecule has 0 aliphatic rings. The molecule has 1 aromatic rings. The molecule has 0 nitrogen and oxygen atoms in total. The molecular weight excluding hydrogens is 172 g/mol. The van der Waals surface area contributed by atoms with Crippen LogP contribution in [0.1, 0.15) is 11.1 Å². The van der Waals surface area contributed by atoms with Crippen LogP contribution in [-0.2, 0) is 0 Å². The fourth-order valence-corrected chi connectivity index (χ4v) is 0.883. The molecule has 0 heterocycles. The third-order valence-corrected chi connectivity index (χ3v) is 1.44. The first-order valence-electron chi connectivity index (χ1n) is 4.22. The first-order chi connectivity index (χ1) is 6.29. The minimum absolute atomic E-state index is 1.08. The maximum Gasteiger partial charge on any atom is 0.0307 e. The van der Waals surface area contributed by atoms with Crippen molar-refractivity contribution in [2.24, 2.45) is 0 Å². The summed E-state index contributed by atoms with van der Waals surface area (Å²) in [7, 11) is 1.08. The molecule has 0 saturated carbocycles. The van der Waals surface area contributed by atoms with E-state index in [1.54, 1.807) is 0 Å². The predicted molar refractivity (Wildman–Crippen MR) is 64.1 cm³/mol. The van der Waals surface area contributed by atoms with Gasteiger partial charge in [-0.3, -0.25) is 0 Å². The first kappa shape index (κ1) is 11.9. The second kappa shape index (κ2) is 7.56. The largest absolute Gasteiger partial charge is 0.0984 e. The summed E-state index contributed by atoms with van der Waals surface area (Å²) in [6.07, 6.45) is 3.66. The van der Waals surface area contributed by atoms with E-state index in [9.17, 15) is 0 Å². The number of hydrogen-bond donors (Lipinski definition) is 0. The molecule has 0 aromatic heterocycles. The molecule has 13 heavy (non-hydrogen) atoms. The molecule has 0 aliphatic heterocycles. The summed E-state index contributed by atoms with van der Waals surface area (Å²) in [5.74, 6) is 0. The Balaban J connectivity index is 0.000000424. The molecule has 0 unspecified atom stereocenters. The van der Waals surface area contributed by atoms with Gasteiger partial charge in [-0.25, -0.2) is 0 Å². The van der Waals surface area contributed by atoms with Gasteiger partial charge in [0.1, 0.15) is 0 Å². The van der Waals surface area contributed by atoms with Crippen LogP contribution in [0.2, 0.25) is 13.1 Å². The smallest absolute Gasteiger partial charge is 0.0307 e. The van der Waals surface area contributed by atoms with E-state index in [0.29, 0.717) is 0 Å². The molecule has 0 saturated heterocycles. The summed E-state index contributed by atoms with van der Waals surface area (Å²) in [4.78, 5) is 0. The van der Waals surface area contributed by atoms with E-state index < -0.39 is 0 Å². The van der Waals surface area contributed by atoms with Crippen molar-refractivity contribution in [1.82, 2.24) is 0 Å². The zero-order valence-electron chi connectivity index (χ0n) is 8.38. The number of rotatable bonds is 2. The van der Waals surface area contributed by atoms with Crippen molar-refractivity contribution < 1.29 is 0 Å². The average molecular weight is 188 g/mol. The van der Waals surface area contributed by atoms with Crippen molar-refractivity contribution in [3.63, 3.8) is 0 Å². The molecule has 1 aromatic carbocycles. The summed E-state index contributed by atoms with van der Waals surface area (Å²) < 4.78 is 0. The Morgan fingerprint density at radius 1 is 1.00 bits per heavy atom. The molecule has 0 fully saturated rings. The second-order valence-corrected chi connectivity index (χ2v) is 3.54. The monoisotopic (exact) mass is 188 g/mol. The lowest BCUT2D eigenvalue weighted by molar-refractivity contribution is 1.62. The molecule has 1 heteroatoms. The van der Waals surface area contributed by atoms with E-state index in [1.165, 1.54) is 0 Å². The van der Waals surface area contributed by atoms with Crippen LogP contribution in [-0.4, -0.2) is 9.52 Å². The molecule has 2 radical (unpaired) electrons. The highest BCUT2D eigenvalue weighted by molar-refractivity contribution is 6.31. The maximum absolute atomic E-state index is 3.69. The Bertz CT molecular complexity index is 237. The van der Waals surface area contributed by atoms with Gasteiger partial charge in [0.2, 0.25) is 0 Å². The standard InChI is InChI=1S/C10H10.C2H6Si/c1-3-9-7-5-6-8-10(9)4-2;1-3-2/h3-8H,1-2H2;1-2H3. The maximum atomic E-state index is 3.69. The van der Waals surface area contributed by atoms with Gasteiger partial charge in [-0.1, -0.05) is 62.7 Å². The van der Waals surface area contributed by atoms with E-state index in [0.717, 1.165) is 20.6 Å². The second-order valence-electron chi connectivity index (χ2n) is 2.54. The lowest BCUT2D eigenvalue weighted by atomic mass is 10.1. The summed E-state index contributed by atoms with van der Waals surface area (Å²) in [5, 5.41) is 0. The molecule has 0 bridgehead atoms. The van der Waals surface area contributed by atoms with Gasteiger partial charge in [0, 0.05) is 9.52 Å². The SMILES string of the molecule is C=Cc1ccccc1C=C.C[Si]C. The third kappa shape index (κ3) is 4.48. The zero-order chi connectivity index (χ0) is 10.1. The summed E-state index contributed by atoms with van der Waals surface area (Å²) in [6, 6.07) is 8.02. The molecule has 68 valence electrons. The van der Waals surface area contributed by atoms with Crippen LogP contribution in [0.5, 0.6) is 0 Å². The number of benzene rings is 1. The van der Waals surface area contributed by atoms with Crippen molar-refractivity contribution in [2.45, 2.75) is 13.1 Å². The van der Waals surface area contributed by atoms with Crippen LogP contribution in [0, 0.1) is 0 Å². The normalized spacial score (nSPS) is 8.15. The van der Waals surface area contributed by atoms with Crippen LogP contribution >= 0.6 is 0 Å².